The van der Waals surface area contributed by atoms with Gasteiger partial charge in [-0.25, -0.2) is 0 Å². The van der Waals surface area contributed by atoms with Gasteiger partial charge in [-0.15, -0.1) is 0 Å². The summed E-state index contributed by atoms with van der Waals surface area (Å²) in [5.74, 6) is -0.0674. The number of rotatable bonds is 2. The number of benzene rings is 2. The quantitative estimate of drug-likeness (QED) is 0.809. The number of para-hydroxylation sites is 1. The Hall–Kier alpha value is -1.36. The Kier molecular flexibility index (Phi) is 4.01. The normalized spacial score (nSPS) is 10.2. The first kappa shape index (κ1) is 13.1. The Labute approximate surface area is 121 Å². The minimum absolute atomic E-state index is 0.0674. The molecule has 0 heterocycles. The van der Waals surface area contributed by atoms with Crippen molar-refractivity contribution < 1.29 is 4.79 Å². The summed E-state index contributed by atoms with van der Waals surface area (Å²) in [5, 5.41) is 2.93. The van der Waals surface area contributed by atoms with E-state index in [-0.39, 0.29) is 5.91 Å². The van der Waals surface area contributed by atoms with Gasteiger partial charge >= 0.3 is 0 Å². The Morgan fingerprint density at radius 3 is 2.44 bits per heavy atom. The lowest BCUT2D eigenvalue weighted by molar-refractivity contribution is 0.102. The smallest absolute Gasteiger partial charge is 0.255 e. The van der Waals surface area contributed by atoms with Crippen molar-refractivity contribution in [2.45, 2.75) is 13.8 Å². The molecule has 1 amide bonds. The van der Waals surface area contributed by atoms with Crippen LogP contribution in [0.1, 0.15) is 21.5 Å². The number of nitrogens with one attached hydrogen (secondary N) is 1. The molecule has 0 unspecified atom stereocenters. The fourth-order valence-electron chi connectivity index (χ4n) is 1.64. The maximum Gasteiger partial charge on any atom is 0.255 e. The highest BCUT2D eigenvalue weighted by Gasteiger charge is 2.08. The van der Waals surface area contributed by atoms with Crippen molar-refractivity contribution in [1.29, 1.82) is 0 Å². The summed E-state index contributed by atoms with van der Waals surface area (Å²) < 4.78 is 1.10. The zero-order valence-corrected chi connectivity index (χ0v) is 12.5. The van der Waals surface area contributed by atoms with Crippen molar-refractivity contribution in [1.82, 2.24) is 0 Å². The van der Waals surface area contributed by atoms with Crippen LogP contribution in [0.3, 0.4) is 0 Å². The van der Waals surface area contributed by atoms with Crippen LogP contribution in [0.25, 0.3) is 0 Å². The van der Waals surface area contributed by atoms with Crippen molar-refractivity contribution in [3.05, 3.63) is 62.7 Å². The van der Waals surface area contributed by atoms with Crippen molar-refractivity contribution in [2.24, 2.45) is 0 Å². The van der Waals surface area contributed by atoms with Gasteiger partial charge in [0.15, 0.2) is 0 Å². The van der Waals surface area contributed by atoms with E-state index in [1.165, 1.54) is 5.56 Å². The van der Waals surface area contributed by atoms with E-state index in [0.29, 0.717) is 5.56 Å². The van der Waals surface area contributed by atoms with Gasteiger partial charge in [0.25, 0.3) is 5.91 Å². The summed E-state index contributed by atoms with van der Waals surface area (Å²) in [6.45, 7) is 4.01. The standard InChI is InChI=1S/C15H14INO/c1-10-7-8-12(9-13(10)16)15(18)17-14-6-4-3-5-11(14)2/h3-9H,1-2H3,(H,17,18). The highest BCUT2D eigenvalue weighted by molar-refractivity contribution is 14.1. The van der Waals surface area contributed by atoms with Crippen LogP contribution in [-0.2, 0) is 0 Å². The summed E-state index contributed by atoms with van der Waals surface area (Å²) in [4.78, 5) is 12.1. The van der Waals surface area contributed by atoms with Gasteiger partial charge in [0.05, 0.1) is 0 Å². The largest absolute Gasteiger partial charge is 0.322 e. The first-order chi connectivity index (χ1) is 8.58. The summed E-state index contributed by atoms with van der Waals surface area (Å²) in [6, 6.07) is 13.5. The van der Waals surface area contributed by atoms with Gasteiger partial charge in [-0.3, -0.25) is 4.79 Å². The van der Waals surface area contributed by atoms with Crippen LogP contribution >= 0.6 is 22.6 Å². The highest BCUT2D eigenvalue weighted by atomic mass is 127. The van der Waals surface area contributed by atoms with E-state index in [9.17, 15) is 4.79 Å². The molecule has 0 atom stereocenters. The van der Waals surface area contributed by atoms with Crippen LogP contribution in [0.4, 0.5) is 5.69 Å². The van der Waals surface area contributed by atoms with Gasteiger partial charge < -0.3 is 5.32 Å². The van der Waals surface area contributed by atoms with Crippen LogP contribution in [0.5, 0.6) is 0 Å². The number of aryl methyl sites for hydroxylation is 2. The molecule has 0 aliphatic carbocycles. The fourth-order valence-corrected chi connectivity index (χ4v) is 2.16. The lowest BCUT2D eigenvalue weighted by Gasteiger charge is -2.08. The minimum Gasteiger partial charge on any atom is -0.322 e. The molecule has 2 aromatic carbocycles. The van der Waals surface area contributed by atoms with E-state index in [4.69, 9.17) is 0 Å². The average molecular weight is 351 g/mol. The Morgan fingerprint density at radius 2 is 1.78 bits per heavy atom. The molecular weight excluding hydrogens is 337 g/mol. The molecule has 1 N–H and O–H groups in total. The van der Waals surface area contributed by atoms with E-state index in [1.807, 2.05) is 56.3 Å². The molecule has 0 fully saturated rings. The SMILES string of the molecule is Cc1ccc(C(=O)Nc2ccccc2C)cc1I. The first-order valence-electron chi connectivity index (χ1n) is 5.71. The number of carbonyl (C=O) groups is 1. The van der Waals surface area contributed by atoms with Crippen LogP contribution in [0.15, 0.2) is 42.5 Å². The second-order valence-corrected chi connectivity index (χ2v) is 5.40. The Bertz CT molecular complexity index is 593. The van der Waals surface area contributed by atoms with E-state index in [0.717, 1.165) is 14.8 Å². The summed E-state index contributed by atoms with van der Waals surface area (Å²) in [5.41, 5.74) is 3.79. The molecule has 92 valence electrons. The van der Waals surface area contributed by atoms with Crippen LogP contribution in [-0.4, -0.2) is 5.91 Å². The molecule has 2 nitrogen and oxygen atoms in total. The molecule has 3 heteroatoms. The van der Waals surface area contributed by atoms with Gasteiger partial charge in [0, 0.05) is 14.8 Å². The van der Waals surface area contributed by atoms with Crippen molar-refractivity contribution in [3.63, 3.8) is 0 Å². The lowest BCUT2D eigenvalue weighted by atomic mass is 10.1. The van der Waals surface area contributed by atoms with Crippen LogP contribution in [0.2, 0.25) is 0 Å². The molecule has 2 rings (SSSR count). The maximum absolute atomic E-state index is 12.1. The number of carbonyl (C=O) groups excluding carboxylic acids is 1. The molecule has 0 radical (unpaired) electrons. The number of halogens is 1. The molecule has 18 heavy (non-hydrogen) atoms. The Balaban J connectivity index is 2.22. The van der Waals surface area contributed by atoms with Crippen LogP contribution in [0, 0.1) is 17.4 Å². The number of amides is 1. The third-order valence-electron chi connectivity index (χ3n) is 2.83. The number of hydrogen-bond acceptors (Lipinski definition) is 1. The van der Waals surface area contributed by atoms with E-state index in [1.54, 1.807) is 0 Å². The molecule has 2 aromatic rings. The van der Waals surface area contributed by atoms with Crippen molar-refractivity contribution >= 4 is 34.2 Å². The van der Waals surface area contributed by atoms with Gasteiger partial charge in [-0.1, -0.05) is 24.3 Å². The Morgan fingerprint density at radius 1 is 1.06 bits per heavy atom. The first-order valence-corrected chi connectivity index (χ1v) is 6.79. The average Bonchev–Trinajstić information content (AvgIpc) is 2.35. The monoisotopic (exact) mass is 351 g/mol. The van der Waals surface area contributed by atoms with Gasteiger partial charge in [0.2, 0.25) is 0 Å². The van der Waals surface area contributed by atoms with Gasteiger partial charge in [-0.05, 0) is 65.8 Å². The second-order valence-electron chi connectivity index (χ2n) is 4.23. The fraction of sp³-hybridized carbons (Fsp3) is 0.133. The van der Waals surface area contributed by atoms with Gasteiger partial charge in [-0.2, -0.15) is 0 Å². The highest BCUT2D eigenvalue weighted by Crippen LogP contribution is 2.17. The number of hydrogen-bond donors (Lipinski definition) is 1. The molecule has 0 saturated heterocycles. The molecule has 0 aliphatic heterocycles. The summed E-state index contributed by atoms with van der Waals surface area (Å²) in [7, 11) is 0. The lowest BCUT2D eigenvalue weighted by Crippen LogP contribution is -2.13. The van der Waals surface area contributed by atoms with E-state index in [2.05, 4.69) is 27.9 Å². The van der Waals surface area contributed by atoms with Crippen molar-refractivity contribution in [2.75, 3.05) is 5.32 Å². The third-order valence-corrected chi connectivity index (χ3v) is 3.99. The summed E-state index contributed by atoms with van der Waals surface area (Å²) >= 11 is 2.24. The minimum atomic E-state index is -0.0674. The number of anilines is 1. The topological polar surface area (TPSA) is 29.1 Å². The zero-order valence-electron chi connectivity index (χ0n) is 10.3. The molecule has 0 aliphatic rings. The third kappa shape index (κ3) is 2.90. The molecule has 0 aromatic heterocycles. The molecule has 0 bridgehead atoms. The molecule has 0 saturated carbocycles. The maximum atomic E-state index is 12.1. The summed E-state index contributed by atoms with van der Waals surface area (Å²) in [6.07, 6.45) is 0. The zero-order chi connectivity index (χ0) is 13.1. The van der Waals surface area contributed by atoms with Gasteiger partial charge in [0.1, 0.15) is 0 Å². The predicted molar refractivity (Wildman–Crippen MR) is 83.0 cm³/mol. The van der Waals surface area contributed by atoms with E-state index >= 15 is 0 Å². The van der Waals surface area contributed by atoms with Crippen LogP contribution < -0.4 is 5.32 Å². The second kappa shape index (κ2) is 5.52. The van der Waals surface area contributed by atoms with E-state index < -0.39 is 0 Å². The molecular formula is C15H14INO. The molecule has 0 spiro atoms. The van der Waals surface area contributed by atoms with Crippen molar-refractivity contribution in [3.8, 4) is 0 Å². The predicted octanol–water partition coefficient (Wildman–Crippen LogP) is 4.16.